The molecule has 1 aliphatic rings. The van der Waals surface area contributed by atoms with Gasteiger partial charge in [-0.15, -0.1) is 0 Å². The zero-order valence-electron chi connectivity index (χ0n) is 17.4. The van der Waals surface area contributed by atoms with Crippen molar-refractivity contribution in [1.82, 2.24) is 5.32 Å². The summed E-state index contributed by atoms with van der Waals surface area (Å²) in [6, 6.07) is 16.3. The minimum absolute atomic E-state index is 0.0640. The standard InChI is InChI=1S/C24H32N2O2/c1-17-13-15-26(16-14-17)22-11-9-21(10-12-22)19(3)25-24(27)20(4)28-23-8-6-5-7-18(23)2/h5-12,17,19-20H,13-16H2,1-4H3,(H,25,27). The highest BCUT2D eigenvalue weighted by molar-refractivity contribution is 5.81. The number of piperidine rings is 1. The zero-order valence-corrected chi connectivity index (χ0v) is 17.4. The van der Waals surface area contributed by atoms with Crippen LogP contribution in [0.15, 0.2) is 48.5 Å². The van der Waals surface area contributed by atoms with Gasteiger partial charge in [-0.05, 0) is 68.9 Å². The summed E-state index contributed by atoms with van der Waals surface area (Å²) in [6.07, 6.45) is 1.97. The highest BCUT2D eigenvalue weighted by Crippen LogP contribution is 2.25. The van der Waals surface area contributed by atoms with Crippen molar-refractivity contribution in [3.63, 3.8) is 0 Å². The van der Waals surface area contributed by atoms with Crippen molar-refractivity contribution >= 4 is 11.6 Å². The SMILES string of the molecule is Cc1ccccc1OC(C)C(=O)NC(C)c1ccc(N2CCC(C)CC2)cc1. The third-order valence-electron chi connectivity index (χ3n) is 5.67. The molecule has 2 atom stereocenters. The van der Waals surface area contributed by atoms with Crippen molar-refractivity contribution in [3.05, 3.63) is 59.7 Å². The number of carbonyl (C=O) groups is 1. The number of rotatable bonds is 6. The summed E-state index contributed by atoms with van der Waals surface area (Å²) in [5.74, 6) is 1.47. The van der Waals surface area contributed by atoms with Crippen LogP contribution in [0.25, 0.3) is 0 Å². The molecule has 0 radical (unpaired) electrons. The van der Waals surface area contributed by atoms with Gasteiger partial charge in [0.15, 0.2) is 6.10 Å². The number of nitrogens with one attached hydrogen (secondary N) is 1. The fourth-order valence-corrected chi connectivity index (χ4v) is 3.59. The van der Waals surface area contributed by atoms with Gasteiger partial charge in [-0.25, -0.2) is 0 Å². The minimum Gasteiger partial charge on any atom is -0.481 e. The number of hydrogen-bond donors (Lipinski definition) is 1. The van der Waals surface area contributed by atoms with E-state index in [-0.39, 0.29) is 11.9 Å². The second kappa shape index (κ2) is 9.13. The van der Waals surface area contributed by atoms with E-state index < -0.39 is 6.10 Å². The summed E-state index contributed by atoms with van der Waals surface area (Å²) in [7, 11) is 0. The van der Waals surface area contributed by atoms with Gasteiger partial charge in [0.25, 0.3) is 5.91 Å². The molecule has 4 nitrogen and oxygen atoms in total. The molecule has 3 rings (SSSR count). The number of amides is 1. The Kier molecular flexibility index (Phi) is 6.61. The molecular weight excluding hydrogens is 348 g/mol. The van der Waals surface area contributed by atoms with Crippen molar-refractivity contribution in [2.75, 3.05) is 18.0 Å². The molecule has 1 amide bonds. The number of para-hydroxylation sites is 1. The Balaban J connectivity index is 1.55. The second-order valence-electron chi connectivity index (χ2n) is 8.02. The monoisotopic (exact) mass is 380 g/mol. The largest absolute Gasteiger partial charge is 0.481 e. The van der Waals surface area contributed by atoms with Gasteiger partial charge in [0.05, 0.1) is 6.04 Å². The molecule has 1 saturated heterocycles. The quantitative estimate of drug-likeness (QED) is 0.777. The summed E-state index contributed by atoms with van der Waals surface area (Å²) >= 11 is 0. The van der Waals surface area contributed by atoms with Crippen LogP contribution < -0.4 is 15.0 Å². The van der Waals surface area contributed by atoms with Gasteiger partial charge in [0, 0.05) is 18.8 Å². The minimum atomic E-state index is -0.543. The van der Waals surface area contributed by atoms with E-state index in [0.29, 0.717) is 0 Å². The summed E-state index contributed by atoms with van der Waals surface area (Å²) in [6.45, 7) is 10.4. The molecule has 2 unspecified atom stereocenters. The fraction of sp³-hybridized carbons (Fsp3) is 0.458. The van der Waals surface area contributed by atoms with Gasteiger partial charge in [-0.1, -0.05) is 37.3 Å². The molecule has 0 aromatic heterocycles. The molecule has 0 saturated carbocycles. The van der Waals surface area contributed by atoms with Crippen molar-refractivity contribution < 1.29 is 9.53 Å². The normalized spacial score (nSPS) is 17.1. The number of hydrogen-bond acceptors (Lipinski definition) is 3. The Morgan fingerprint density at radius 2 is 1.71 bits per heavy atom. The fourth-order valence-electron chi connectivity index (χ4n) is 3.59. The van der Waals surface area contributed by atoms with Crippen LogP contribution in [0.4, 0.5) is 5.69 Å². The number of aryl methyl sites for hydroxylation is 1. The van der Waals surface area contributed by atoms with Gasteiger partial charge in [0.1, 0.15) is 5.75 Å². The van der Waals surface area contributed by atoms with Gasteiger partial charge in [-0.2, -0.15) is 0 Å². The number of ether oxygens (including phenoxy) is 1. The van der Waals surface area contributed by atoms with Gasteiger partial charge in [-0.3, -0.25) is 4.79 Å². The van der Waals surface area contributed by atoms with Crippen LogP contribution in [0.5, 0.6) is 5.75 Å². The molecular formula is C24H32N2O2. The van der Waals surface area contributed by atoms with Crippen LogP contribution in [0.2, 0.25) is 0 Å². The van der Waals surface area contributed by atoms with E-state index in [2.05, 4.69) is 41.4 Å². The zero-order chi connectivity index (χ0) is 20.1. The second-order valence-corrected chi connectivity index (χ2v) is 8.02. The molecule has 0 aliphatic carbocycles. The molecule has 1 fully saturated rings. The Morgan fingerprint density at radius 3 is 2.36 bits per heavy atom. The third kappa shape index (κ3) is 5.06. The maximum absolute atomic E-state index is 12.5. The topological polar surface area (TPSA) is 41.6 Å². The Labute approximate surface area is 168 Å². The maximum atomic E-state index is 12.5. The predicted molar refractivity (Wildman–Crippen MR) is 115 cm³/mol. The first kappa shape index (κ1) is 20.2. The maximum Gasteiger partial charge on any atom is 0.261 e. The Morgan fingerprint density at radius 1 is 1.07 bits per heavy atom. The lowest BCUT2D eigenvalue weighted by Crippen LogP contribution is -2.38. The third-order valence-corrected chi connectivity index (χ3v) is 5.67. The van der Waals surface area contributed by atoms with E-state index in [1.807, 2.05) is 38.1 Å². The molecule has 4 heteroatoms. The van der Waals surface area contributed by atoms with Gasteiger partial charge >= 0.3 is 0 Å². The Bertz CT molecular complexity index is 779. The first-order valence-electron chi connectivity index (χ1n) is 10.3. The smallest absolute Gasteiger partial charge is 0.261 e. The number of carbonyl (C=O) groups excluding carboxylic acids is 1. The number of nitrogens with zero attached hydrogens (tertiary/aromatic N) is 1. The molecule has 2 aromatic rings. The van der Waals surface area contributed by atoms with E-state index in [4.69, 9.17) is 4.74 Å². The molecule has 2 aromatic carbocycles. The van der Waals surface area contributed by atoms with Crippen LogP contribution >= 0.6 is 0 Å². The average molecular weight is 381 g/mol. The summed E-state index contributed by atoms with van der Waals surface area (Å²) in [5, 5.41) is 3.06. The van der Waals surface area contributed by atoms with E-state index in [1.165, 1.54) is 18.5 Å². The number of benzene rings is 2. The highest BCUT2D eigenvalue weighted by atomic mass is 16.5. The molecule has 28 heavy (non-hydrogen) atoms. The summed E-state index contributed by atoms with van der Waals surface area (Å²) < 4.78 is 5.83. The highest BCUT2D eigenvalue weighted by Gasteiger charge is 2.19. The van der Waals surface area contributed by atoms with E-state index in [9.17, 15) is 4.79 Å². The summed E-state index contributed by atoms with van der Waals surface area (Å²) in [5.41, 5.74) is 3.40. The van der Waals surface area contributed by atoms with Crippen LogP contribution in [0.1, 0.15) is 50.8 Å². The van der Waals surface area contributed by atoms with Gasteiger partial charge < -0.3 is 15.0 Å². The number of anilines is 1. The molecule has 0 bridgehead atoms. The lowest BCUT2D eigenvalue weighted by atomic mass is 9.98. The van der Waals surface area contributed by atoms with Crippen LogP contribution in [-0.4, -0.2) is 25.1 Å². The van der Waals surface area contributed by atoms with Crippen molar-refractivity contribution in [1.29, 1.82) is 0 Å². The lowest BCUT2D eigenvalue weighted by molar-refractivity contribution is -0.127. The summed E-state index contributed by atoms with van der Waals surface area (Å²) in [4.78, 5) is 15.0. The van der Waals surface area contributed by atoms with Crippen LogP contribution in [0, 0.1) is 12.8 Å². The molecule has 1 N–H and O–H groups in total. The van der Waals surface area contributed by atoms with Crippen molar-refractivity contribution in [2.24, 2.45) is 5.92 Å². The lowest BCUT2D eigenvalue weighted by Gasteiger charge is -2.32. The van der Waals surface area contributed by atoms with E-state index in [0.717, 1.165) is 35.9 Å². The van der Waals surface area contributed by atoms with E-state index >= 15 is 0 Å². The van der Waals surface area contributed by atoms with Crippen molar-refractivity contribution in [3.8, 4) is 5.75 Å². The van der Waals surface area contributed by atoms with Crippen LogP contribution in [-0.2, 0) is 4.79 Å². The molecule has 0 spiro atoms. The van der Waals surface area contributed by atoms with Gasteiger partial charge in [0.2, 0.25) is 0 Å². The van der Waals surface area contributed by atoms with Crippen LogP contribution in [0.3, 0.4) is 0 Å². The predicted octanol–water partition coefficient (Wildman–Crippen LogP) is 4.88. The molecule has 1 aliphatic heterocycles. The van der Waals surface area contributed by atoms with Crippen molar-refractivity contribution in [2.45, 2.75) is 52.7 Å². The van der Waals surface area contributed by atoms with E-state index in [1.54, 1.807) is 6.92 Å². The first-order valence-corrected chi connectivity index (χ1v) is 10.3. The molecule has 1 heterocycles. The molecule has 150 valence electrons. The average Bonchev–Trinajstić information content (AvgIpc) is 2.70. The first-order chi connectivity index (χ1) is 13.4. The Hall–Kier alpha value is -2.49.